The van der Waals surface area contributed by atoms with Gasteiger partial charge in [-0.25, -0.2) is 0 Å². The van der Waals surface area contributed by atoms with E-state index in [2.05, 4.69) is 5.32 Å². The summed E-state index contributed by atoms with van der Waals surface area (Å²) in [6.07, 6.45) is -0.635. The van der Waals surface area contributed by atoms with Gasteiger partial charge in [0.05, 0.1) is 18.8 Å². The molecule has 0 spiro atoms. The first-order valence-electron chi connectivity index (χ1n) is 5.62. The Morgan fingerprint density at radius 3 is 2.89 bits per heavy atom. The van der Waals surface area contributed by atoms with E-state index in [-0.39, 0.29) is 12.5 Å². The van der Waals surface area contributed by atoms with Crippen LogP contribution < -0.4 is 20.7 Å². The Hall–Kier alpha value is -2.24. The SMILES string of the molecule is CNC(=O)C1CN(CC(N)=O)c2ccccc2O1. The lowest BCUT2D eigenvalue weighted by atomic mass is 10.1. The zero-order chi connectivity index (χ0) is 13.1. The second-order valence-corrected chi connectivity index (χ2v) is 4.04. The molecule has 0 bridgehead atoms. The number of ether oxygens (including phenoxy) is 1. The van der Waals surface area contributed by atoms with Crippen molar-refractivity contribution < 1.29 is 14.3 Å². The van der Waals surface area contributed by atoms with Crippen LogP contribution in [0.15, 0.2) is 24.3 Å². The molecule has 1 aromatic rings. The van der Waals surface area contributed by atoms with E-state index in [4.69, 9.17) is 10.5 Å². The Kier molecular flexibility index (Phi) is 3.36. The number of benzene rings is 1. The average molecular weight is 249 g/mol. The molecule has 0 aliphatic carbocycles. The summed E-state index contributed by atoms with van der Waals surface area (Å²) in [5.41, 5.74) is 5.99. The number of amides is 2. The molecule has 0 radical (unpaired) electrons. The zero-order valence-electron chi connectivity index (χ0n) is 10.1. The number of anilines is 1. The minimum atomic E-state index is -0.635. The number of hydrogen-bond acceptors (Lipinski definition) is 4. The van der Waals surface area contributed by atoms with Crippen LogP contribution in [0.5, 0.6) is 5.75 Å². The summed E-state index contributed by atoms with van der Waals surface area (Å²) >= 11 is 0. The third-order valence-corrected chi connectivity index (χ3v) is 2.75. The molecule has 3 N–H and O–H groups in total. The van der Waals surface area contributed by atoms with E-state index in [1.165, 1.54) is 0 Å². The zero-order valence-corrected chi connectivity index (χ0v) is 10.1. The molecule has 0 saturated carbocycles. The molecule has 96 valence electrons. The number of para-hydroxylation sites is 2. The summed E-state index contributed by atoms with van der Waals surface area (Å²) in [5.74, 6) is -0.0834. The summed E-state index contributed by atoms with van der Waals surface area (Å²) < 4.78 is 5.59. The average Bonchev–Trinajstić information content (AvgIpc) is 2.37. The Morgan fingerprint density at radius 2 is 2.22 bits per heavy atom. The Bertz CT molecular complexity index is 475. The molecule has 1 aliphatic heterocycles. The predicted molar refractivity (Wildman–Crippen MR) is 66.3 cm³/mol. The molecular weight excluding hydrogens is 234 g/mol. The van der Waals surface area contributed by atoms with Crippen molar-refractivity contribution in [3.05, 3.63) is 24.3 Å². The third-order valence-electron chi connectivity index (χ3n) is 2.75. The monoisotopic (exact) mass is 249 g/mol. The van der Waals surface area contributed by atoms with Gasteiger partial charge in [-0.15, -0.1) is 0 Å². The predicted octanol–water partition coefficient (Wildman–Crippen LogP) is -0.515. The van der Waals surface area contributed by atoms with Gasteiger partial charge < -0.3 is 20.7 Å². The van der Waals surface area contributed by atoms with E-state index in [9.17, 15) is 9.59 Å². The van der Waals surface area contributed by atoms with E-state index in [1.54, 1.807) is 18.0 Å². The first kappa shape index (κ1) is 12.2. The van der Waals surface area contributed by atoms with Crippen LogP contribution in [0.25, 0.3) is 0 Å². The minimum absolute atomic E-state index is 0.0634. The van der Waals surface area contributed by atoms with Gasteiger partial charge in [0.25, 0.3) is 5.91 Å². The number of carbonyl (C=O) groups excluding carboxylic acids is 2. The van der Waals surface area contributed by atoms with Gasteiger partial charge in [-0.2, -0.15) is 0 Å². The summed E-state index contributed by atoms with van der Waals surface area (Å²) in [7, 11) is 1.55. The number of rotatable bonds is 3. The van der Waals surface area contributed by atoms with Crippen molar-refractivity contribution in [1.82, 2.24) is 5.32 Å². The Labute approximate surface area is 105 Å². The first-order chi connectivity index (χ1) is 8.61. The molecule has 1 unspecified atom stereocenters. The highest BCUT2D eigenvalue weighted by Crippen LogP contribution is 2.32. The van der Waals surface area contributed by atoms with Crippen LogP contribution in [0.3, 0.4) is 0 Å². The van der Waals surface area contributed by atoms with E-state index >= 15 is 0 Å². The van der Waals surface area contributed by atoms with Gasteiger partial charge >= 0.3 is 0 Å². The normalized spacial score (nSPS) is 17.6. The Morgan fingerprint density at radius 1 is 1.50 bits per heavy atom. The molecule has 1 atom stereocenters. The number of nitrogens with zero attached hydrogens (tertiary/aromatic N) is 1. The topological polar surface area (TPSA) is 84.7 Å². The van der Waals surface area contributed by atoms with Crippen LogP contribution >= 0.6 is 0 Å². The highest BCUT2D eigenvalue weighted by Gasteiger charge is 2.30. The number of fused-ring (bicyclic) bond motifs is 1. The smallest absolute Gasteiger partial charge is 0.262 e. The fourth-order valence-corrected chi connectivity index (χ4v) is 1.94. The standard InChI is InChI=1S/C12H15N3O3/c1-14-12(17)10-6-15(7-11(13)16)8-4-2-3-5-9(8)18-10/h2-5,10H,6-7H2,1H3,(H2,13,16)(H,14,17). The molecule has 0 aromatic heterocycles. The maximum absolute atomic E-state index is 11.6. The molecule has 0 saturated heterocycles. The van der Waals surface area contributed by atoms with Gasteiger partial charge in [-0.05, 0) is 12.1 Å². The molecule has 2 rings (SSSR count). The van der Waals surface area contributed by atoms with Crippen LogP contribution in [0.4, 0.5) is 5.69 Å². The van der Waals surface area contributed by atoms with E-state index in [1.807, 2.05) is 18.2 Å². The van der Waals surface area contributed by atoms with E-state index < -0.39 is 12.0 Å². The molecule has 6 nitrogen and oxygen atoms in total. The van der Waals surface area contributed by atoms with Crippen molar-refractivity contribution in [2.45, 2.75) is 6.10 Å². The van der Waals surface area contributed by atoms with Crippen LogP contribution in [0.1, 0.15) is 0 Å². The minimum Gasteiger partial charge on any atom is -0.477 e. The van der Waals surface area contributed by atoms with Gasteiger partial charge in [0.1, 0.15) is 5.75 Å². The van der Waals surface area contributed by atoms with Crippen molar-refractivity contribution >= 4 is 17.5 Å². The number of hydrogen-bond donors (Lipinski definition) is 2. The lowest BCUT2D eigenvalue weighted by Crippen LogP contribution is -2.50. The van der Waals surface area contributed by atoms with Gasteiger partial charge in [0, 0.05) is 7.05 Å². The van der Waals surface area contributed by atoms with Crippen molar-refractivity contribution in [3.8, 4) is 5.75 Å². The molecular formula is C12H15N3O3. The molecule has 1 aliphatic rings. The molecule has 1 heterocycles. The van der Waals surface area contributed by atoms with E-state index in [0.717, 1.165) is 5.69 Å². The fourth-order valence-electron chi connectivity index (χ4n) is 1.94. The molecule has 18 heavy (non-hydrogen) atoms. The maximum Gasteiger partial charge on any atom is 0.262 e. The van der Waals surface area contributed by atoms with Gasteiger partial charge in [-0.3, -0.25) is 9.59 Å². The second kappa shape index (κ2) is 4.95. The van der Waals surface area contributed by atoms with Gasteiger partial charge in [-0.1, -0.05) is 12.1 Å². The van der Waals surface area contributed by atoms with Gasteiger partial charge in [0.2, 0.25) is 5.91 Å². The lowest BCUT2D eigenvalue weighted by molar-refractivity contribution is -0.127. The molecule has 1 aromatic carbocycles. The van der Waals surface area contributed by atoms with Crippen molar-refractivity contribution in [1.29, 1.82) is 0 Å². The van der Waals surface area contributed by atoms with Crippen molar-refractivity contribution in [3.63, 3.8) is 0 Å². The maximum atomic E-state index is 11.6. The number of nitrogens with one attached hydrogen (secondary N) is 1. The molecule has 2 amide bonds. The number of likely N-dealkylation sites (N-methyl/N-ethyl adjacent to an activating group) is 1. The second-order valence-electron chi connectivity index (χ2n) is 4.04. The van der Waals surface area contributed by atoms with Crippen molar-refractivity contribution in [2.75, 3.05) is 25.0 Å². The highest BCUT2D eigenvalue weighted by atomic mass is 16.5. The number of carbonyl (C=O) groups is 2. The van der Waals surface area contributed by atoms with Crippen LogP contribution in [0, 0.1) is 0 Å². The Balaban J connectivity index is 2.29. The molecule has 6 heteroatoms. The van der Waals surface area contributed by atoms with Gasteiger partial charge in [0.15, 0.2) is 6.10 Å². The highest BCUT2D eigenvalue weighted by molar-refractivity contribution is 5.85. The van der Waals surface area contributed by atoms with Crippen LogP contribution in [-0.2, 0) is 9.59 Å². The van der Waals surface area contributed by atoms with Crippen molar-refractivity contribution in [2.24, 2.45) is 5.73 Å². The lowest BCUT2D eigenvalue weighted by Gasteiger charge is -2.34. The number of nitrogens with two attached hydrogens (primary N) is 1. The molecule has 0 fully saturated rings. The van der Waals surface area contributed by atoms with Crippen LogP contribution in [-0.4, -0.2) is 38.1 Å². The summed E-state index contributed by atoms with van der Waals surface area (Å²) in [6.45, 7) is 0.369. The van der Waals surface area contributed by atoms with E-state index in [0.29, 0.717) is 12.3 Å². The summed E-state index contributed by atoms with van der Waals surface area (Å²) in [4.78, 5) is 24.4. The fraction of sp³-hybridized carbons (Fsp3) is 0.333. The summed E-state index contributed by atoms with van der Waals surface area (Å²) in [6, 6.07) is 7.25. The quantitative estimate of drug-likeness (QED) is 0.755. The third kappa shape index (κ3) is 2.37. The van der Waals surface area contributed by atoms with Crippen LogP contribution in [0.2, 0.25) is 0 Å². The summed E-state index contributed by atoms with van der Waals surface area (Å²) in [5, 5.41) is 2.53. The number of primary amides is 1. The first-order valence-corrected chi connectivity index (χ1v) is 5.62. The largest absolute Gasteiger partial charge is 0.477 e.